The molecule has 0 N–H and O–H groups in total. The second-order valence-corrected chi connectivity index (χ2v) is 7.17. The lowest BCUT2D eigenvalue weighted by atomic mass is 10.1. The van der Waals surface area contributed by atoms with E-state index in [9.17, 15) is 10.1 Å². The van der Waals surface area contributed by atoms with Crippen molar-refractivity contribution in [3.8, 4) is 11.4 Å². The predicted molar refractivity (Wildman–Crippen MR) is 115 cm³/mol. The van der Waals surface area contributed by atoms with Crippen molar-refractivity contribution >= 4 is 28.0 Å². The minimum absolute atomic E-state index is 0.0435. The Morgan fingerprint density at radius 2 is 1.53 bits per heavy atom. The number of non-ortho nitro benzene ring substituents is 1. The van der Waals surface area contributed by atoms with Crippen molar-refractivity contribution in [2.24, 2.45) is 0 Å². The van der Waals surface area contributed by atoms with Crippen molar-refractivity contribution in [1.82, 2.24) is 19.5 Å². The fourth-order valence-electron chi connectivity index (χ4n) is 3.48. The topological polar surface area (TPSA) is 86.7 Å². The Hall–Kier alpha value is -4.13. The van der Waals surface area contributed by atoms with Gasteiger partial charge in [0.05, 0.1) is 22.5 Å². The Balaban J connectivity index is 1.71. The summed E-state index contributed by atoms with van der Waals surface area (Å²) in [6.07, 6.45) is 0. The third-order valence-electron chi connectivity index (χ3n) is 5.06. The molecule has 0 bridgehead atoms. The van der Waals surface area contributed by atoms with E-state index in [0.717, 1.165) is 22.2 Å². The van der Waals surface area contributed by atoms with Gasteiger partial charge in [-0.05, 0) is 36.8 Å². The molecule has 2 heterocycles. The predicted octanol–water partition coefficient (Wildman–Crippen LogP) is 4.91. The van der Waals surface area contributed by atoms with E-state index in [1.54, 1.807) is 12.1 Å². The van der Waals surface area contributed by atoms with Crippen molar-refractivity contribution in [1.29, 1.82) is 0 Å². The third kappa shape index (κ3) is 3.16. The summed E-state index contributed by atoms with van der Waals surface area (Å²) in [5.41, 5.74) is 5.93. The molecule has 2 aromatic heterocycles. The van der Waals surface area contributed by atoms with Crippen LogP contribution in [0.15, 0.2) is 72.8 Å². The molecule has 5 rings (SSSR count). The molecule has 5 aromatic rings. The van der Waals surface area contributed by atoms with Gasteiger partial charge >= 0.3 is 0 Å². The van der Waals surface area contributed by atoms with Gasteiger partial charge < -0.3 is 4.57 Å². The molecule has 0 radical (unpaired) electrons. The number of aromatic nitrogens is 4. The van der Waals surface area contributed by atoms with Crippen molar-refractivity contribution in [2.75, 3.05) is 0 Å². The van der Waals surface area contributed by atoms with Gasteiger partial charge in [0.15, 0.2) is 11.3 Å². The van der Waals surface area contributed by atoms with Gasteiger partial charge in [0.2, 0.25) is 0 Å². The summed E-state index contributed by atoms with van der Waals surface area (Å²) < 4.78 is 2.01. The Kier molecular flexibility index (Phi) is 4.21. The first kappa shape index (κ1) is 17.9. The van der Waals surface area contributed by atoms with Crippen molar-refractivity contribution in [2.45, 2.75) is 13.5 Å². The molecule has 146 valence electrons. The Labute approximate surface area is 171 Å². The summed E-state index contributed by atoms with van der Waals surface area (Å²) in [4.78, 5) is 24.9. The van der Waals surface area contributed by atoms with Crippen LogP contribution in [-0.4, -0.2) is 24.4 Å². The maximum atomic E-state index is 11.0. The summed E-state index contributed by atoms with van der Waals surface area (Å²) in [6, 6.07) is 22.4. The zero-order chi connectivity index (χ0) is 20.7. The Morgan fingerprint density at radius 3 is 2.20 bits per heavy atom. The van der Waals surface area contributed by atoms with Gasteiger partial charge in [0.25, 0.3) is 5.69 Å². The summed E-state index contributed by atoms with van der Waals surface area (Å²) in [5.74, 6) is 0.677. The molecule has 0 atom stereocenters. The van der Waals surface area contributed by atoms with Crippen LogP contribution in [-0.2, 0) is 6.54 Å². The van der Waals surface area contributed by atoms with E-state index < -0.39 is 4.92 Å². The van der Waals surface area contributed by atoms with Gasteiger partial charge in [-0.25, -0.2) is 15.0 Å². The number of imidazole rings is 1. The molecule has 30 heavy (non-hydrogen) atoms. The number of nitro groups is 1. The summed E-state index contributed by atoms with van der Waals surface area (Å²) in [7, 11) is 0. The van der Waals surface area contributed by atoms with Gasteiger partial charge in [-0.1, -0.05) is 42.0 Å². The molecule has 0 saturated heterocycles. The van der Waals surface area contributed by atoms with Gasteiger partial charge in [-0.2, -0.15) is 0 Å². The van der Waals surface area contributed by atoms with Crippen molar-refractivity contribution < 1.29 is 4.92 Å². The standard InChI is InChI=1S/C23H17N5O2/c1-15-6-8-16(9-7-15)14-27-22(17-10-12-18(13-11-17)28(29)30)26-21-23(27)25-20-5-3-2-4-19(20)24-21/h2-13H,14H2,1H3. The fourth-order valence-corrected chi connectivity index (χ4v) is 3.48. The van der Waals surface area contributed by atoms with Gasteiger partial charge in [-0.3, -0.25) is 10.1 Å². The summed E-state index contributed by atoms with van der Waals surface area (Å²) in [6.45, 7) is 2.62. The lowest BCUT2D eigenvalue weighted by molar-refractivity contribution is -0.384. The van der Waals surface area contributed by atoms with E-state index >= 15 is 0 Å². The molecule has 0 aliphatic heterocycles. The van der Waals surface area contributed by atoms with Gasteiger partial charge in [-0.15, -0.1) is 0 Å². The summed E-state index contributed by atoms with van der Waals surface area (Å²) in [5, 5.41) is 11.0. The van der Waals surface area contributed by atoms with Crippen molar-refractivity contribution in [3.05, 3.63) is 94.0 Å². The van der Waals surface area contributed by atoms with E-state index in [-0.39, 0.29) is 5.69 Å². The fraction of sp³-hybridized carbons (Fsp3) is 0.0870. The van der Waals surface area contributed by atoms with Crippen LogP contribution in [0.2, 0.25) is 0 Å². The lowest BCUT2D eigenvalue weighted by Gasteiger charge is -2.09. The number of hydrogen-bond donors (Lipinski definition) is 0. The Bertz CT molecular complexity index is 1390. The quantitative estimate of drug-likeness (QED) is 0.319. The SMILES string of the molecule is Cc1ccc(Cn2c(-c3ccc([N+](=O)[O-])cc3)nc3nc4ccccc4nc32)cc1. The second kappa shape index (κ2) is 7.04. The third-order valence-corrected chi connectivity index (χ3v) is 5.06. The monoisotopic (exact) mass is 395 g/mol. The van der Waals surface area contributed by atoms with Crippen LogP contribution in [0, 0.1) is 17.0 Å². The molecule has 0 fully saturated rings. The Morgan fingerprint density at radius 1 is 0.867 bits per heavy atom. The highest BCUT2D eigenvalue weighted by Crippen LogP contribution is 2.27. The number of fused-ring (bicyclic) bond motifs is 2. The number of rotatable bonds is 4. The molecule has 0 aliphatic carbocycles. The van der Waals surface area contributed by atoms with E-state index in [0.29, 0.717) is 23.7 Å². The summed E-state index contributed by atoms with van der Waals surface area (Å²) >= 11 is 0. The highest BCUT2D eigenvalue weighted by Gasteiger charge is 2.17. The molecule has 0 amide bonds. The van der Waals surface area contributed by atoms with Crippen LogP contribution < -0.4 is 0 Å². The zero-order valence-corrected chi connectivity index (χ0v) is 16.2. The van der Waals surface area contributed by atoms with Crippen LogP contribution in [0.25, 0.3) is 33.7 Å². The van der Waals surface area contributed by atoms with Crippen LogP contribution >= 0.6 is 0 Å². The van der Waals surface area contributed by atoms with Crippen LogP contribution in [0.1, 0.15) is 11.1 Å². The molecular weight excluding hydrogens is 378 g/mol. The minimum Gasteiger partial charge on any atom is -0.303 e. The number of benzene rings is 3. The van der Waals surface area contributed by atoms with Gasteiger partial charge in [0, 0.05) is 17.7 Å². The van der Waals surface area contributed by atoms with Crippen molar-refractivity contribution in [3.63, 3.8) is 0 Å². The van der Waals surface area contributed by atoms with E-state index in [4.69, 9.17) is 9.97 Å². The smallest absolute Gasteiger partial charge is 0.269 e. The average molecular weight is 395 g/mol. The first-order valence-corrected chi connectivity index (χ1v) is 9.52. The van der Waals surface area contributed by atoms with Crippen LogP contribution in [0.3, 0.4) is 0 Å². The van der Waals surface area contributed by atoms with Gasteiger partial charge in [0.1, 0.15) is 5.82 Å². The van der Waals surface area contributed by atoms with E-state index in [1.807, 2.05) is 28.8 Å². The molecule has 0 spiro atoms. The number of nitro benzene ring substituents is 1. The molecule has 3 aromatic carbocycles. The first-order valence-electron chi connectivity index (χ1n) is 9.52. The second-order valence-electron chi connectivity index (χ2n) is 7.17. The number of para-hydroxylation sites is 2. The molecule has 0 saturated carbocycles. The number of hydrogen-bond acceptors (Lipinski definition) is 5. The molecule has 0 unspecified atom stereocenters. The zero-order valence-electron chi connectivity index (χ0n) is 16.2. The lowest BCUT2D eigenvalue weighted by Crippen LogP contribution is -2.04. The molecule has 7 heteroatoms. The highest BCUT2D eigenvalue weighted by atomic mass is 16.6. The number of nitrogens with zero attached hydrogens (tertiary/aromatic N) is 5. The first-order chi connectivity index (χ1) is 14.6. The largest absolute Gasteiger partial charge is 0.303 e. The minimum atomic E-state index is -0.408. The normalized spacial score (nSPS) is 11.2. The number of aryl methyl sites for hydroxylation is 1. The molecular formula is C23H17N5O2. The maximum Gasteiger partial charge on any atom is 0.269 e. The van der Waals surface area contributed by atoms with E-state index in [2.05, 4.69) is 36.2 Å². The average Bonchev–Trinajstić information content (AvgIpc) is 3.11. The van der Waals surface area contributed by atoms with Crippen LogP contribution in [0.4, 0.5) is 5.69 Å². The molecule has 0 aliphatic rings. The maximum absolute atomic E-state index is 11.0. The van der Waals surface area contributed by atoms with E-state index in [1.165, 1.54) is 17.7 Å². The highest BCUT2D eigenvalue weighted by molar-refractivity contribution is 5.85. The molecule has 7 nitrogen and oxygen atoms in total. The van der Waals surface area contributed by atoms with Crippen LogP contribution in [0.5, 0.6) is 0 Å².